The molecule has 0 N–H and O–H groups in total. The Balaban J connectivity index is 1.53. The first kappa shape index (κ1) is 19.0. The predicted octanol–water partition coefficient (Wildman–Crippen LogP) is 4.32. The highest BCUT2D eigenvalue weighted by Crippen LogP contribution is 2.39. The average Bonchev–Trinajstić information content (AvgIpc) is 2.99. The van der Waals surface area contributed by atoms with E-state index in [-0.39, 0.29) is 29.9 Å². The number of ketones is 1. The van der Waals surface area contributed by atoms with Crippen molar-refractivity contribution < 1.29 is 14.3 Å². The molecule has 4 rings (SSSR count). The van der Waals surface area contributed by atoms with Crippen molar-refractivity contribution in [1.82, 2.24) is 14.7 Å². The number of Topliss-reactive ketones (excluding diaryl/α,β-unsaturated/α-hetero) is 1. The van der Waals surface area contributed by atoms with Crippen LogP contribution in [0.3, 0.4) is 0 Å². The molecule has 0 radical (unpaired) electrons. The molecule has 2 fully saturated rings. The zero-order chi connectivity index (χ0) is 20.1. The Bertz CT molecular complexity index is 897. The van der Waals surface area contributed by atoms with Crippen LogP contribution in [0.25, 0.3) is 10.9 Å². The Morgan fingerprint density at radius 3 is 2.46 bits per heavy atom. The van der Waals surface area contributed by atoms with E-state index in [0.29, 0.717) is 0 Å². The number of hydrogen-bond acceptors (Lipinski definition) is 4. The van der Waals surface area contributed by atoms with Crippen LogP contribution in [0.15, 0.2) is 24.4 Å². The van der Waals surface area contributed by atoms with Gasteiger partial charge >= 0.3 is 6.09 Å². The number of hydrogen-bond donors (Lipinski definition) is 0. The van der Waals surface area contributed by atoms with Gasteiger partial charge in [-0.3, -0.25) is 9.48 Å². The van der Waals surface area contributed by atoms with Crippen LogP contribution >= 0.6 is 0 Å². The zero-order valence-electron chi connectivity index (χ0n) is 17.1. The summed E-state index contributed by atoms with van der Waals surface area (Å²) in [7, 11) is 1.89. The molecule has 1 amide bonds. The monoisotopic (exact) mass is 383 g/mol. The third-order valence-electron chi connectivity index (χ3n) is 5.98. The van der Waals surface area contributed by atoms with Gasteiger partial charge < -0.3 is 9.64 Å². The van der Waals surface area contributed by atoms with Crippen molar-refractivity contribution in [3.05, 3.63) is 30.0 Å². The molecular formula is C22H29N3O3. The summed E-state index contributed by atoms with van der Waals surface area (Å²) in [4.78, 5) is 27.9. The Kier molecular flexibility index (Phi) is 4.68. The smallest absolute Gasteiger partial charge is 0.410 e. The summed E-state index contributed by atoms with van der Waals surface area (Å²) < 4.78 is 7.44. The highest BCUT2D eigenvalue weighted by Gasteiger charge is 2.44. The van der Waals surface area contributed by atoms with Gasteiger partial charge in [0.2, 0.25) is 0 Å². The first-order chi connectivity index (χ1) is 13.2. The number of aryl methyl sites for hydroxylation is 1. The first-order valence-corrected chi connectivity index (χ1v) is 10.2. The number of piperidine rings is 2. The second kappa shape index (κ2) is 6.90. The fraction of sp³-hybridized carbons (Fsp3) is 0.591. The van der Waals surface area contributed by atoms with E-state index >= 15 is 0 Å². The second-order valence-corrected chi connectivity index (χ2v) is 9.20. The van der Waals surface area contributed by atoms with Crippen molar-refractivity contribution in [3.8, 4) is 0 Å². The van der Waals surface area contributed by atoms with E-state index in [2.05, 4.69) is 5.10 Å². The summed E-state index contributed by atoms with van der Waals surface area (Å²) in [6.45, 7) is 5.68. The van der Waals surface area contributed by atoms with Gasteiger partial charge in [0.15, 0.2) is 5.78 Å². The molecule has 0 spiro atoms. The molecule has 6 nitrogen and oxygen atoms in total. The normalized spacial score (nSPS) is 25.0. The maximum Gasteiger partial charge on any atom is 0.410 e. The van der Waals surface area contributed by atoms with Gasteiger partial charge in [0.05, 0.1) is 11.7 Å². The van der Waals surface area contributed by atoms with Crippen molar-refractivity contribution in [2.24, 2.45) is 13.0 Å². The number of benzene rings is 1. The number of ether oxygens (including phenoxy) is 1. The molecule has 3 heterocycles. The maximum absolute atomic E-state index is 13.2. The summed E-state index contributed by atoms with van der Waals surface area (Å²) in [6.07, 6.45) is 6.02. The van der Waals surface area contributed by atoms with Gasteiger partial charge in [0, 0.05) is 36.0 Å². The summed E-state index contributed by atoms with van der Waals surface area (Å²) in [5.74, 6) is 0.142. The third kappa shape index (κ3) is 3.52. The number of aromatic nitrogens is 2. The van der Waals surface area contributed by atoms with Gasteiger partial charge in [0.1, 0.15) is 5.60 Å². The van der Waals surface area contributed by atoms with E-state index in [0.717, 1.165) is 48.6 Å². The fourth-order valence-corrected chi connectivity index (χ4v) is 4.74. The van der Waals surface area contributed by atoms with E-state index in [9.17, 15) is 9.59 Å². The molecule has 2 bridgehead atoms. The molecule has 1 aromatic heterocycles. The highest BCUT2D eigenvalue weighted by molar-refractivity contribution is 6.01. The number of amides is 1. The number of nitrogens with zero attached hydrogens (tertiary/aromatic N) is 3. The molecule has 28 heavy (non-hydrogen) atoms. The molecule has 6 heteroatoms. The second-order valence-electron chi connectivity index (χ2n) is 9.20. The molecule has 2 aliphatic rings. The minimum absolute atomic E-state index is 0.0420. The number of carbonyl (C=O) groups is 2. The number of fused-ring (bicyclic) bond motifs is 3. The molecule has 2 unspecified atom stereocenters. The topological polar surface area (TPSA) is 64.4 Å². The van der Waals surface area contributed by atoms with Crippen molar-refractivity contribution in [3.63, 3.8) is 0 Å². The Hall–Kier alpha value is -2.37. The molecule has 150 valence electrons. The van der Waals surface area contributed by atoms with Crippen LogP contribution in [-0.4, -0.2) is 44.2 Å². The minimum atomic E-state index is -0.503. The number of rotatable bonds is 2. The van der Waals surface area contributed by atoms with Crippen molar-refractivity contribution >= 4 is 22.8 Å². The summed E-state index contributed by atoms with van der Waals surface area (Å²) in [6, 6.07) is 6.00. The van der Waals surface area contributed by atoms with Gasteiger partial charge in [-0.2, -0.15) is 5.10 Å². The molecule has 1 aromatic carbocycles. The van der Waals surface area contributed by atoms with Crippen molar-refractivity contribution in [1.29, 1.82) is 0 Å². The Morgan fingerprint density at radius 1 is 1.14 bits per heavy atom. The SMILES string of the molecule is Cn1ncc2ccc(C(=O)C3CC4CCCC(C3)N4C(=O)OC(C)(C)C)cc21. The largest absolute Gasteiger partial charge is 0.444 e. The first-order valence-electron chi connectivity index (χ1n) is 10.2. The number of carbonyl (C=O) groups excluding carboxylic acids is 2. The van der Waals surface area contributed by atoms with Gasteiger partial charge in [-0.25, -0.2) is 4.79 Å². The van der Waals surface area contributed by atoms with Crippen molar-refractivity contribution in [2.45, 2.75) is 70.6 Å². The van der Waals surface area contributed by atoms with E-state index in [1.807, 2.05) is 57.1 Å². The lowest BCUT2D eigenvalue weighted by Crippen LogP contribution is -2.56. The molecule has 2 atom stereocenters. The van der Waals surface area contributed by atoms with Crippen LogP contribution in [0.4, 0.5) is 4.79 Å². The van der Waals surface area contributed by atoms with Crippen LogP contribution in [0, 0.1) is 5.92 Å². The Morgan fingerprint density at radius 2 is 1.82 bits per heavy atom. The lowest BCUT2D eigenvalue weighted by Gasteiger charge is -2.48. The van der Waals surface area contributed by atoms with Crippen molar-refractivity contribution in [2.75, 3.05) is 0 Å². The van der Waals surface area contributed by atoms with Crippen LogP contribution in [0.1, 0.15) is 63.2 Å². The molecule has 2 saturated heterocycles. The molecule has 2 aliphatic heterocycles. The van der Waals surface area contributed by atoms with E-state index in [1.54, 1.807) is 4.68 Å². The average molecular weight is 383 g/mol. The van der Waals surface area contributed by atoms with Crippen LogP contribution < -0.4 is 0 Å². The van der Waals surface area contributed by atoms with E-state index < -0.39 is 5.60 Å². The van der Waals surface area contributed by atoms with Gasteiger partial charge in [-0.15, -0.1) is 0 Å². The van der Waals surface area contributed by atoms with E-state index in [1.165, 1.54) is 0 Å². The van der Waals surface area contributed by atoms with E-state index in [4.69, 9.17) is 4.74 Å². The maximum atomic E-state index is 13.2. The lowest BCUT2D eigenvalue weighted by molar-refractivity contribution is -0.0260. The van der Waals surface area contributed by atoms with Crippen LogP contribution in [-0.2, 0) is 11.8 Å². The molecular weight excluding hydrogens is 354 g/mol. The summed E-state index contributed by atoms with van der Waals surface area (Å²) in [5.41, 5.74) is 1.21. The fourth-order valence-electron chi connectivity index (χ4n) is 4.74. The third-order valence-corrected chi connectivity index (χ3v) is 5.98. The standard InChI is InChI=1S/C22H29N3O3/c1-22(2,3)28-21(27)25-17-6-5-7-18(25)11-16(10-17)20(26)14-8-9-15-13-23-24(4)19(15)12-14/h8-9,12-13,16-18H,5-7,10-11H2,1-4H3. The summed E-state index contributed by atoms with van der Waals surface area (Å²) in [5, 5.41) is 5.30. The minimum Gasteiger partial charge on any atom is -0.444 e. The quantitative estimate of drug-likeness (QED) is 0.724. The highest BCUT2D eigenvalue weighted by atomic mass is 16.6. The van der Waals surface area contributed by atoms with Gasteiger partial charge in [-0.1, -0.05) is 12.1 Å². The predicted molar refractivity (Wildman–Crippen MR) is 107 cm³/mol. The zero-order valence-corrected chi connectivity index (χ0v) is 17.1. The Labute approximate surface area is 165 Å². The molecule has 2 aromatic rings. The molecule has 0 aliphatic carbocycles. The van der Waals surface area contributed by atoms with Gasteiger partial charge in [0.25, 0.3) is 0 Å². The summed E-state index contributed by atoms with van der Waals surface area (Å²) >= 11 is 0. The van der Waals surface area contributed by atoms with Crippen LogP contribution in [0.5, 0.6) is 0 Å². The van der Waals surface area contributed by atoms with Crippen LogP contribution in [0.2, 0.25) is 0 Å². The molecule has 0 saturated carbocycles. The lowest BCUT2D eigenvalue weighted by atomic mass is 9.76. The van der Waals surface area contributed by atoms with Gasteiger partial charge in [-0.05, 0) is 58.9 Å².